The fourth-order valence-electron chi connectivity index (χ4n) is 1.87. The summed E-state index contributed by atoms with van der Waals surface area (Å²) in [6.45, 7) is 1.04. The van der Waals surface area contributed by atoms with E-state index in [0.29, 0.717) is 0 Å². The Morgan fingerprint density at radius 3 is 2.83 bits per heavy atom. The largest absolute Gasteiger partial charge is 0.361 e. The molecular formula is C14H20N2S2. The van der Waals surface area contributed by atoms with Crippen LogP contribution in [-0.4, -0.2) is 23.5 Å². The Balaban J connectivity index is 1.67. The molecule has 2 nitrogen and oxygen atoms in total. The molecule has 0 spiro atoms. The van der Waals surface area contributed by atoms with Gasteiger partial charge >= 0.3 is 0 Å². The van der Waals surface area contributed by atoms with Gasteiger partial charge in [0.1, 0.15) is 0 Å². The predicted octanol–water partition coefficient (Wildman–Crippen LogP) is 4.63. The SMILES string of the molecule is CSCCCCCCNc1nc2ccccc2s1. The second-order valence-electron chi connectivity index (χ2n) is 4.32. The van der Waals surface area contributed by atoms with Crippen LogP contribution in [0, 0.1) is 0 Å². The van der Waals surface area contributed by atoms with Crippen LogP contribution in [0.1, 0.15) is 25.7 Å². The van der Waals surface area contributed by atoms with Gasteiger partial charge in [-0.3, -0.25) is 0 Å². The maximum Gasteiger partial charge on any atom is 0.183 e. The van der Waals surface area contributed by atoms with Crippen LogP contribution < -0.4 is 5.32 Å². The van der Waals surface area contributed by atoms with Crippen LogP contribution in [0.5, 0.6) is 0 Å². The molecule has 0 amide bonds. The van der Waals surface area contributed by atoms with E-state index < -0.39 is 0 Å². The molecule has 0 bridgehead atoms. The number of rotatable bonds is 8. The van der Waals surface area contributed by atoms with Crippen molar-refractivity contribution in [2.45, 2.75) is 25.7 Å². The predicted molar refractivity (Wildman–Crippen MR) is 85.0 cm³/mol. The van der Waals surface area contributed by atoms with Gasteiger partial charge in [-0.25, -0.2) is 4.98 Å². The van der Waals surface area contributed by atoms with Crippen LogP contribution in [0.2, 0.25) is 0 Å². The summed E-state index contributed by atoms with van der Waals surface area (Å²) in [7, 11) is 0. The third-order valence-electron chi connectivity index (χ3n) is 2.85. The number of aromatic nitrogens is 1. The summed E-state index contributed by atoms with van der Waals surface area (Å²) in [5, 5.41) is 4.48. The molecule has 0 fully saturated rings. The molecule has 2 rings (SSSR count). The molecule has 4 heteroatoms. The maximum absolute atomic E-state index is 4.56. The number of fused-ring (bicyclic) bond motifs is 1. The van der Waals surface area contributed by atoms with Gasteiger partial charge in [0.2, 0.25) is 0 Å². The number of thiazole rings is 1. The summed E-state index contributed by atoms with van der Waals surface area (Å²) < 4.78 is 1.26. The maximum atomic E-state index is 4.56. The van der Waals surface area contributed by atoms with Crippen molar-refractivity contribution in [3.8, 4) is 0 Å². The van der Waals surface area contributed by atoms with Gasteiger partial charge in [-0.2, -0.15) is 11.8 Å². The van der Waals surface area contributed by atoms with Crippen LogP contribution in [-0.2, 0) is 0 Å². The van der Waals surface area contributed by atoms with Gasteiger partial charge in [0.25, 0.3) is 0 Å². The molecule has 1 aromatic carbocycles. The van der Waals surface area contributed by atoms with Crippen molar-refractivity contribution in [2.24, 2.45) is 0 Å². The van der Waals surface area contributed by atoms with Crippen LogP contribution in [0.4, 0.5) is 5.13 Å². The van der Waals surface area contributed by atoms with Gasteiger partial charge in [0.15, 0.2) is 5.13 Å². The first-order valence-corrected chi connectivity index (χ1v) is 8.69. The minimum atomic E-state index is 1.04. The fraction of sp³-hybridized carbons (Fsp3) is 0.500. The van der Waals surface area contributed by atoms with E-state index in [9.17, 15) is 0 Å². The third kappa shape index (κ3) is 4.18. The number of unbranched alkanes of at least 4 members (excludes halogenated alkanes) is 3. The highest BCUT2D eigenvalue weighted by atomic mass is 32.2. The lowest BCUT2D eigenvalue weighted by atomic mass is 10.2. The van der Waals surface area contributed by atoms with Crippen molar-refractivity contribution in [3.63, 3.8) is 0 Å². The Morgan fingerprint density at radius 2 is 2.00 bits per heavy atom. The fourth-order valence-corrected chi connectivity index (χ4v) is 3.25. The van der Waals surface area contributed by atoms with E-state index in [0.717, 1.165) is 17.2 Å². The quantitative estimate of drug-likeness (QED) is 0.714. The molecule has 0 saturated heterocycles. The average molecular weight is 280 g/mol. The number of benzene rings is 1. The molecule has 0 aliphatic carbocycles. The Labute approximate surface area is 117 Å². The van der Waals surface area contributed by atoms with Crippen molar-refractivity contribution < 1.29 is 0 Å². The first-order chi connectivity index (χ1) is 8.90. The molecule has 1 heterocycles. The summed E-state index contributed by atoms with van der Waals surface area (Å²) in [5.41, 5.74) is 1.10. The van der Waals surface area contributed by atoms with Gasteiger partial charge < -0.3 is 5.32 Å². The van der Waals surface area contributed by atoms with Crippen LogP contribution in [0.15, 0.2) is 24.3 Å². The zero-order valence-electron chi connectivity index (χ0n) is 10.8. The zero-order chi connectivity index (χ0) is 12.6. The molecule has 0 aliphatic heterocycles. The summed E-state index contributed by atoms with van der Waals surface area (Å²) >= 11 is 3.68. The van der Waals surface area contributed by atoms with E-state index in [2.05, 4.69) is 34.8 Å². The third-order valence-corrected chi connectivity index (χ3v) is 4.54. The first kappa shape index (κ1) is 13.7. The highest BCUT2D eigenvalue weighted by Crippen LogP contribution is 2.25. The monoisotopic (exact) mass is 280 g/mol. The zero-order valence-corrected chi connectivity index (χ0v) is 12.4. The highest BCUT2D eigenvalue weighted by Gasteiger charge is 2.01. The Hall–Kier alpha value is -0.740. The normalized spacial score (nSPS) is 10.9. The Kier molecular flexibility index (Phi) is 5.81. The molecule has 0 atom stereocenters. The number of hydrogen-bond acceptors (Lipinski definition) is 4. The van der Waals surface area contributed by atoms with E-state index in [1.807, 2.05) is 17.8 Å². The van der Waals surface area contributed by atoms with Crippen molar-refractivity contribution in [1.29, 1.82) is 0 Å². The molecular weight excluding hydrogens is 260 g/mol. The smallest absolute Gasteiger partial charge is 0.183 e. The Morgan fingerprint density at radius 1 is 1.17 bits per heavy atom. The second kappa shape index (κ2) is 7.64. The number of para-hydroxylation sites is 1. The van der Waals surface area contributed by atoms with E-state index >= 15 is 0 Å². The number of thioether (sulfide) groups is 1. The van der Waals surface area contributed by atoms with Gasteiger partial charge in [-0.15, -0.1) is 0 Å². The minimum Gasteiger partial charge on any atom is -0.361 e. The summed E-state index contributed by atoms with van der Waals surface area (Å²) in [6.07, 6.45) is 7.43. The molecule has 0 unspecified atom stereocenters. The lowest BCUT2D eigenvalue weighted by Gasteiger charge is -2.02. The minimum absolute atomic E-state index is 1.04. The van der Waals surface area contributed by atoms with Crippen molar-refractivity contribution in [3.05, 3.63) is 24.3 Å². The Bertz CT molecular complexity index is 435. The molecule has 2 aromatic rings. The molecule has 98 valence electrons. The summed E-state index contributed by atoms with van der Waals surface area (Å²) in [6, 6.07) is 8.30. The second-order valence-corrected chi connectivity index (χ2v) is 6.34. The molecule has 18 heavy (non-hydrogen) atoms. The lowest BCUT2D eigenvalue weighted by Crippen LogP contribution is -2.00. The van der Waals surface area contributed by atoms with Gasteiger partial charge in [-0.05, 0) is 37.0 Å². The van der Waals surface area contributed by atoms with E-state index in [4.69, 9.17) is 0 Å². The van der Waals surface area contributed by atoms with E-state index in [1.54, 1.807) is 11.3 Å². The van der Waals surface area contributed by atoms with Crippen LogP contribution in [0.25, 0.3) is 10.2 Å². The highest BCUT2D eigenvalue weighted by molar-refractivity contribution is 7.98. The molecule has 1 aromatic heterocycles. The van der Waals surface area contributed by atoms with E-state index in [1.165, 1.54) is 36.1 Å². The first-order valence-electron chi connectivity index (χ1n) is 6.48. The number of nitrogens with one attached hydrogen (secondary N) is 1. The number of anilines is 1. The van der Waals surface area contributed by atoms with Crippen molar-refractivity contribution >= 4 is 38.4 Å². The standard InChI is InChI=1S/C14H20N2S2/c1-17-11-7-3-2-6-10-15-14-16-12-8-4-5-9-13(12)18-14/h4-5,8-9H,2-3,6-7,10-11H2,1H3,(H,15,16). The molecule has 0 saturated carbocycles. The van der Waals surface area contributed by atoms with Crippen molar-refractivity contribution in [1.82, 2.24) is 4.98 Å². The van der Waals surface area contributed by atoms with Crippen LogP contribution >= 0.6 is 23.1 Å². The van der Waals surface area contributed by atoms with Gasteiger partial charge in [0, 0.05) is 6.54 Å². The lowest BCUT2D eigenvalue weighted by molar-refractivity contribution is 0.689. The number of hydrogen-bond donors (Lipinski definition) is 1. The topological polar surface area (TPSA) is 24.9 Å². The van der Waals surface area contributed by atoms with Gasteiger partial charge in [0.05, 0.1) is 10.2 Å². The van der Waals surface area contributed by atoms with Crippen LogP contribution in [0.3, 0.4) is 0 Å². The van der Waals surface area contributed by atoms with Gasteiger partial charge in [-0.1, -0.05) is 36.3 Å². The molecule has 0 radical (unpaired) electrons. The summed E-state index contributed by atoms with van der Waals surface area (Å²) in [4.78, 5) is 4.56. The van der Waals surface area contributed by atoms with E-state index in [-0.39, 0.29) is 0 Å². The summed E-state index contributed by atoms with van der Waals surface area (Å²) in [5.74, 6) is 1.30. The molecule has 1 N–H and O–H groups in total. The average Bonchev–Trinajstić information content (AvgIpc) is 2.80. The number of nitrogens with zero attached hydrogens (tertiary/aromatic N) is 1. The molecule has 0 aliphatic rings. The van der Waals surface area contributed by atoms with Crippen molar-refractivity contribution in [2.75, 3.05) is 23.9 Å².